The molecule has 0 spiro atoms. The van der Waals surface area contributed by atoms with Crippen LogP contribution in [0.3, 0.4) is 0 Å². The number of carbonyl (C=O) groups excluding carboxylic acids is 2. The Morgan fingerprint density at radius 2 is 1.54 bits per heavy atom. The summed E-state index contributed by atoms with van der Waals surface area (Å²) < 4.78 is 10.1. The van der Waals surface area contributed by atoms with E-state index < -0.39 is 0 Å². The van der Waals surface area contributed by atoms with Gasteiger partial charge in [0.2, 0.25) is 0 Å². The average Bonchev–Trinajstić information content (AvgIpc) is 2.68. The lowest BCUT2D eigenvalue weighted by Crippen LogP contribution is -2.28. The highest BCUT2D eigenvalue weighted by Gasteiger charge is 2.10. The first-order valence-corrected chi connectivity index (χ1v) is 8.42. The van der Waals surface area contributed by atoms with Crippen molar-refractivity contribution in [3.63, 3.8) is 0 Å². The van der Waals surface area contributed by atoms with E-state index in [1.54, 1.807) is 38.5 Å². The number of benzene rings is 2. The number of hydrogen-bond acceptors (Lipinski definition) is 4. The summed E-state index contributed by atoms with van der Waals surface area (Å²) in [6.45, 7) is 1.36. The average molecular weight is 356 g/mol. The third-order valence-electron chi connectivity index (χ3n) is 3.81. The predicted molar refractivity (Wildman–Crippen MR) is 99.7 cm³/mol. The van der Waals surface area contributed by atoms with Crippen molar-refractivity contribution in [2.75, 3.05) is 33.9 Å². The second-order valence-corrected chi connectivity index (χ2v) is 5.69. The van der Waals surface area contributed by atoms with Gasteiger partial charge in [-0.3, -0.25) is 9.59 Å². The van der Waals surface area contributed by atoms with Gasteiger partial charge in [0.1, 0.15) is 5.75 Å². The number of nitrogens with one attached hydrogen (secondary N) is 2. The molecule has 0 aliphatic rings. The number of ether oxygens (including phenoxy) is 2. The van der Waals surface area contributed by atoms with Gasteiger partial charge in [-0.1, -0.05) is 18.2 Å². The Balaban J connectivity index is 1.88. The molecule has 0 bridgehead atoms. The number of carbonyl (C=O) groups is 2. The van der Waals surface area contributed by atoms with Gasteiger partial charge >= 0.3 is 0 Å². The molecular weight excluding hydrogens is 332 g/mol. The first-order chi connectivity index (χ1) is 12.6. The van der Waals surface area contributed by atoms with Crippen molar-refractivity contribution >= 4 is 11.8 Å². The summed E-state index contributed by atoms with van der Waals surface area (Å²) in [5.41, 5.74) is 1.98. The molecule has 0 unspecified atom stereocenters. The van der Waals surface area contributed by atoms with E-state index in [0.717, 1.165) is 11.3 Å². The van der Waals surface area contributed by atoms with Crippen molar-refractivity contribution in [1.29, 1.82) is 0 Å². The number of amides is 2. The highest BCUT2D eigenvalue weighted by atomic mass is 16.5. The van der Waals surface area contributed by atoms with Gasteiger partial charge in [0, 0.05) is 31.3 Å². The van der Waals surface area contributed by atoms with Crippen molar-refractivity contribution < 1.29 is 19.1 Å². The molecule has 0 heterocycles. The fraction of sp³-hybridized carbons (Fsp3) is 0.300. The van der Waals surface area contributed by atoms with Gasteiger partial charge in [-0.25, -0.2) is 0 Å². The van der Waals surface area contributed by atoms with E-state index in [9.17, 15) is 9.59 Å². The lowest BCUT2D eigenvalue weighted by Gasteiger charge is -2.08. The van der Waals surface area contributed by atoms with Crippen LogP contribution in [-0.2, 0) is 11.2 Å². The standard InChI is InChI=1S/C20H24N2O4/c1-25-12-11-22-20(24)17-7-4-6-16(14-17)19(23)21-10-9-15-5-3-8-18(13-15)26-2/h3-8,13-14H,9-12H2,1-2H3,(H,21,23)(H,22,24). The van der Waals surface area contributed by atoms with Crippen molar-refractivity contribution in [3.8, 4) is 5.75 Å². The van der Waals surface area contributed by atoms with Crippen LogP contribution in [-0.4, -0.2) is 45.7 Å². The summed E-state index contributed by atoms with van der Waals surface area (Å²) in [6.07, 6.45) is 0.695. The van der Waals surface area contributed by atoms with Gasteiger partial charge in [-0.05, 0) is 42.3 Å². The minimum absolute atomic E-state index is 0.209. The molecule has 2 rings (SSSR count). The van der Waals surface area contributed by atoms with Crippen molar-refractivity contribution in [3.05, 3.63) is 65.2 Å². The summed E-state index contributed by atoms with van der Waals surface area (Å²) in [4.78, 5) is 24.3. The van der Waals surface area contributed by atoms with E-state index in [0.29, 0.717) is 37.2 Å². The molecule has 26 heavy (non-hydrogen) atoms. The maximum atomic E-state index is 12.3. The van der Waals surface area contributed by atoms with Crippen LogP contribution in [0.5, 0.6) is 5.75 Å². The van der Waals surface area contributed by atoms with Crippen LogP contribution in [0, 0.1) is 0 Å². The summed E-state index contributed by atoms with van der Waals surface area (Å²) >= 11 is 0. The quantitative estimate of drug-likeness (QED) is 0.674. The fourth-order valence-corrected chi connectivity index (χ4v) is 2.42. The zero-order valence-corrected chi connectivity index (χ0v) is 15.1. The van der Waals surface area contributed by atoms with Crippen LogP contribution < -0.4 is 15.4 Å². The van der Waals surface area contributed by atoms with Crippen LogP contribution in [0.4, 0.5) is 0 Å². The molecule has 0 saturated carbocycles. The monoisotopic (exact) mass is 356 g/mol. The minimum Gasteiger partial charge on any atom is -0.497 e. The van der Waals surface area contributed by atoms with Crippen molar-refractivity contribution in [2.24, 2.45) is 0 Å². The Morgan fingerprint density at radius 3 is 2.19 bits per heavy atom. The molecular formula is C20H24N2O4. The van der Waals surface area contributed by atoms with Gasteiger partial charge in [-0.2, -0.15) is 0 Å². The van der Waals surface area contributed by atoms with E-state index in [-0.39, 0.29) is 11.8 Å². The maximum absolute atomic E-state index is 12.3. The number of hydrogen-bond donors (Lipinski definition) is 2. The Labute approximate surface area is 153 Å². The highest BCUT2D eigenvalue weighted by Crippen LogP contribution is 2.12. The largest absolute Gasteiger partial charge is 0.497 e. The van der Waals surface area contributed by atoms with E-state index in [4.69, 9.17) is 9.47 Å². The molecule has 2 N–H and O–H groups in total. The topological polar surface area (TPSA) is 76.7 Å². The smallest absolute Gasteiger partial charge is 0.251 e. The lowest BCUT2D eigenvalue weighted by molar-refractivity contribution is 0.0937. The lowest BCUT2D eigenvalue weighted by atomic mass is 10.1. The molecule has 138 valence electrons. The van der Waals surface area contributed by atoms with Crippen LogP contribution in [0.25, 0.3) is 0 Å². The molecule has 0 radical (unpaired) electrons. The molecule has 0 aliphatic carbocycles. The maximum Gasteiger partial charge on any atom is 0.251 e. The molecule has 6 heteroatoms. The minimum atomic E-state index is -0.229. The third-order valence-corrected chi connectivity index (χ3v) is 3.81. The molecule has 0 atom stereocenters. The Bertz CT molecular complexity index is 746. The Hall–Kier alpha value is -2.86. The van der Waals surface area contributed by atoms with Crippen LogP contribution in [0.2, 0.25) is 0 Å². The molecule has 6 nitrogen and oxygen atoms in total. The highest BCUT2D eigenvalue weighted by molar-refractivity contribution is 5.99. The summed E-state index contributed by atoms with van der Waals surface area (Å²) in [5, 5.41) is 5.61. The SMILES string of the molecule is COCCNC(=O)c1cccc(C(=O)NCCc2cccc(OC)c2)c1. The normalized spacial score (nSPS) is 10.2. The molecule has 0 fully saturated rings. The first-order valence-electron chi connectivity index (χ1n) is 8.42. The van der Waals surface area contributed by atoms with E-state index >= 15 is 0 Å². The van der Waals surface area contributed by atoms with Crippen LogP contribution in [0.15, 0.2) is 48.5 Å². The van der Waals surface area contributed by atoms with E-state index in [1.807, 2.05) is 24.3 Å². The van der Waals surface area contributed by atoms with Gasteiger partial charge in [-0.15, -0.1) is 0 Å². The van der Waals surface area contributed by atoms with Crippen molar-refractivity contribution in [1.82, 2.24) is 10.6 Å². The first kappa shape index (κ1) is 19.5. The van der Waals surface area contributed by atoms with Gasteiger partial charge in [0.25, 0.3) is 11.8 Å². The fourth-order valence-electron chi connectivity index (χ4n) is 2.42. The molecule has 0 saturated heterocycles. The summed E-state index contributed by atoms with van der Waals surface area (Å²) in [5.74, 6) is 0.355. The zero-order chi connectivity index (χ0) is 18.8. The Morgan fingerprint density at radius 1 is 0.885 bits per heavy atom. The second kappa shape index (κ2) is 10.2. The van der Waals surface area contributed by atoms with Crippen LogP contribution in [0.1, 0.15) is 26.3 Å². The number of methoxy groups -OCH3 is 2. The molecule has 0 aromatic heterocycles. The zero-order valence-electron chi connectivity index (χ0n) is 15.1. The van der Waals surface area contributed by atoms with Crippen molar-refractivity contribution in [2.45, 2.75) is 6.42 Å². The van der Waals surface area contributed by atoms with E-state index in [2.05, 4.69) is 10.6 Å². The second-order valence-electron chi connectivity index (χ2n) is 5.69. The Kier molecular flexibility index (Phi) is 7.64. The molecule has 2 aromatic rings. The van der Waals surface area contributed by atoms with Gasteiger partial charge in [0.05, 0.1) is 13.7 Å². The summed E-state index contributed by atoms with van der Waals surface area (Å²) in [6, 6.07) is 14.4. The van der Waals surface area contributed by atoms with Crippen LogP contribution >= 0.6 is 0 Å². The predicted octanol–water partition coefficient (Wildman–Crippen LogP) is 2.04. The van der Waals surface area contributed by atoms with E-state index in [1.165, 1.54) is 0 Å². The molecule has 2 amide bonds. The van der Waals surface area contributed by atoms with Gasteiger partial charge in [0.15, 0.2) is 0 Å². The summed E-state index contributed by atoms with van der Waals surface area (Å²) in [7, 11) is 3.20. The number of rotatable bonds is 9. The third kappa shape index (κ3) is 5.89. The van der Waals surface area contributed by atoms with Gasteiger partial charge < -0.3 is 20.1 Å². The molecule has 2 aromatic carbocycles. The molecule has 0 aliphatic heterocycles.